The van der Waals surface area contributed by atoms with Crippen molar-refractivity contribution in [2.24, 2.45) is 0 Å². The first kappa shape index (κ1) is 14.7. The highest BCUT2D eigenvalue weighted by molar-refractivity contribution is 5.72. The number of aryl methyl sites for hydroxylation is 1. The predicted octanol–water partition coefficient (Wildman–Crippen LogP) is 3.12. The number of nitrogens with zero attached hydrogens (tertiary/aromatic N) is 1. The fourth-order valence-electron chi connectivity index (χ4n) is 1.43. The summed E-state index contributed by atoms with van der Waals surface area (Å²) in [6.07, 6.45) is 2.05. The molecule has 0 atom stereocenters. The van der Waals surface area contributed by atoms with Gasteiger partial charge < -0.3 is 10.8 Å². The smallest absolute Gasteiger partial charge is 0.303 e. The normalized spacial score (nSPS) is 9.37. The van der Waals surface area contributed by atoms with Gasteiger partial charge in [-0.2, -0.15) is 0 Å². The van der Waals surface area contributed by atoms with Crippen LogP contribution < -0.4 is 5.73 Å². The van der Waals surface area contributed by atoms with Crippen LogP contribution in [-0.2, 0) is 4.79 Å². The number of anilines is 1. The van der Waals surface area contributed by atoms with Gasteiger partial charge in [0.15, 0.2) is 0 Å². The largest absolute Gasteiger partial charge is 0.481 e. The highest BCUT2D eigenvalue weighted by Crippen LogP contribution is 2.23. The highest BCUT2D eigenvalue weighted by Gasteiger charge is 2.02. The summed E-state index contributed by atoms with van der Waals surface area (Å²) in [5, 5.41) is 7.72. The number of nitrogen functional groups attached to an aromatic ring is 1. The molecule has 0 saturated carbocycles. The summed E-state index contributed by atoms with van der Waals surface area (Å²) in [7, 11) is 0. The fraction of sp³-hybridized carbons (Fsp3) is 0.200. The maximum Gasteiger partial charge on any atom is 0.303 e. The highest BCUT2D eigenvalue weighted by atomic mass is 16.4. The van der Waals surface area contributed by atoms with E-state index in [1.165, 1.54) is 0 Å². The van der Waals surface area contributed by atoms with Crippen molar-refractivity contribution in [2.45, 2.75) is 20.3 Å². The van der Waals surface area contributed by atoms with Gasteiger partial charge in [-0.25, -0.2) is 0 Å². The molecule has 4 nitrogen and oxygen atoms in total. The van der Waals surface area contributed by atoms with Gasteiger partial charge in [0.2, 0.25) is 0 Å². The van der Waals surface area contributed by atoms with E-state index in [0.717, 1.165) is 22.5 Å². The van der Waals surface area contributed by atoms with Gasteiger partial charge in [-0.1, -0.05) is 37.3 Å². The topological polar surface area (TPSA) is 76.2 Å². The van der Waals surface area contributed by atoms with Crippen molar-refractivity contribution in [3.05, 3.63) is 48.2 Å². The van der Waals surface area contributed by atoms with Crippen LogP contribution in [0.15, 0.2) is 42.6 Å². The number of hydrogen-bond acceptors (Lipinski definition) is 3. The Morgan fingerprint density at radius 2 is 1.89 bits per heavy atom. The number of carbonyl (C=O) groups is 1. The van der Waals surface area contributed by atoms with Crippen LogP contribution in [0.25, 0.3) is 11.3 Å². The second-order valence-corrected chi connectivity index (χ2v) is 4.06. The van der Waals surface area contributed by atoms with Gasteiger partial charge in [0.05, 0.1) is 11.4 Å². The third-order valence-corrected chi connectivity index (χ3v) is 2.40. The zero-order valence-electron chi connectivity index (χ0n) is 11.1. The molecule has 0 aliphatic rings. The molecule has 100 valence electrons. The average Bonchev–Trinajstić information content (AvgIpc) is 2.40. The summed E-state index contributed by atoms with van der Waals surface area (Å²) in [5.41, 5.74) is 9.63. The summed E-state index contributed by atoms with van der Waals surface area (Å²) >= 11 is 0. The van der Waals surface area contributed by atoms with Crippen LogP contribution in [0.5, 0.6) is 0 Å². The number of nitrogens with two attached hydrogens (primary N) is 1. The number of benzene rings is 1. The number of carboxylic acids is 1. The minimum Gasteiger partial charge on any atom is -0.481 e. The van der Waals surface area contributed by atoms with Gasteiger partial charge in [-0.05, 0) is 18.6 Å². The fourth-order valence-corrected chi connectivity index (χ4v) is 1.43. The van der Waals surface area contributed by atoms with Gasteiger partial charge in [-0.15, -0.1) is 0 Å². The molecule has 2 aromatic rings. The summed E-state index contributed by atoms with van der Waals surface area (Å²) in [6.45, 7) is 3.58. The lowest BCUT2D eigenvalue weighted by Crippen LogP contribution is -1.93. The summed E-state index contributed by atoms with van der Waals surface area (Å²) in [5.74, 6) is -0.745. The van der Waals surface area contributed by atoms with Crippen molar-refractivity contribution in [3.63, 3.8) is 0 Å². The third-order valence-electron chi connectivity index (χ3n) is 2.40. The molecule has 0 amide bonds. The molecule has 2 rings (SSSR count). The maximum absolute atomic E-state index is 9.37. The maximum atomic E-state index is 9.37. The van der Waals surface area contributed by atoms with E-state index in [1.807, 2.05) is 49.5 Å². The van der Waals surface area contributed by atoms with Crippen molar-refractivity contribution >= 4 is 11.7 Å². The number of carboxylic acid groups (broad SMARTS) is 1. The van der Waals surface area contributed by atoms with E-state index in [2.05, 4.69) is 4.98 Å². The molecule has 19 heavy (non-hydrogen) atoms. The van der Waals surface area contributed by atoms with E-state index in [0.29, 0.717) is 0 Å². The quantitative estimate of drug-likeness (QED) is 0.867. The van der Waals surface area contributed by atoms with E-state index in [1.54, 1.807) is 6.92 Å². The zero-order valence-corrected chi connectivity index (χ0v) is 11.1. The van der Waals surface area contributed by atoms with E-state index in [4.69, 9.17) is 10.8 Å². The van der Waals surface area contributed by atoms with E-state index in [-0.39, 0.29) is 6.42 Å². The average molecular weight is 258 g/mol. The van der Waals surface area contributed by atoms with Crippen molar-refractivity contribution < 1.29 is 9.90 Å². The molecule has 0 aliphatic heterocycles. The lowest BCUT2D eigenvalue weighted by Gasteiger charge is -2.04. The Morgan fingerprint density at radius 1 is 1.32 bits per heavy atom. The Kier molecular flexibility index (Phi) is 5.54. The monoisotopic (exact) mass is 258 g/mol. The van der Waals surface area contributed by atoms with Crippen LogP contribution in [-0.4, -0.2) is 16.1 Å². The molecule has 0 spiro atoms. The van der Waals surface area contributed by atoms with E-state index < -0.39 is 5.97 Å². The van der Waals surface area contributed by atoms with Crippen LogP contribution in [0.3, 0.4) is 0 Å². The number of aromatic nitrogens is 1. The number of rotatable bonds is 2. The second-order valence-electron chi connectivity index (χ2n) is 4.06. The van der Waals surface area contributed by atoms with E-state index >= 15 is 0 Å². The van der Waals surface area contributed by atoms with Crippen molar-refractivity contribution in [1.82, 2.24) is 4.98 Å². The number of pyridine rings is 1. The van der Waals surface area contributed by atoms with Gasteiger partial charge in [0, 0.05) is 18.2 Å². The lowest BCUT2D eigenvalue weighted by atomic mass is 10.1. The minimum atomic E-state index is -0.745. The molecule has 0 saturated heterocycles. The molecule has 0 unspecified atom stereocenters. The molecule has 1 aromatic carbocycles. The number of hydrogen-bond donors (Lipinski definition) is 2. The lowest BCUT2D eigenvalue weighted by molar-refractivity contribution is -0.136. The summed E-state index contributed by atoms with van der Waals surface area (Å²) < 4.78 is 0. The first-order valence-corrected chi connectivity index (χ1v) is 6.04. The van der Waals surface area contributed by atoms with E-state index in [9.17, 15) is 4.79 Å². The SMILES string of the molecule is CCC(=O)O.Cc1cnc(-c2ccccc2)c(N)c1. The van der Waals surface area contributed by atoms with Crippen LogP contribution in [0.2, 0.25) is 0 Å². The van der Waals surface area contributed by atoms with Crippen LogP contribution >= 0.6 is 0 Å². The van der Waals surface area contributed by atoms with Crippen molar-refractivity contribution in [1.29, 1.82) is 0 Å². The molecular weight excluding hydrogens is 240 g/mol. The van der Waals surface area contributed by atoms with Crippen molar-refractivity contribution in [3.8, 4) is 11.3 Å². The van der Waals surface area contributed by atoms with Gasteiger partial charge in [0.25, 0.3) is 0 Å². The molecule has 0 radical (unpaired) electrons. The van der Waals surface area contributed by atoms with Crippen LogP contribution in [0.1, 0.15) is 18.9 Å². The molecule has 1 heterocycles. The summed E-state index contributed by atoms with van der Waals surface area (Å²) in [6, 6.07) is 11.9. The number of aliphatic carboxylic acids is 1. The summed E-state index contributed by atoms with van der Waals surface area (Å²) in [4.78, 5) is 13.7. The molecule has 4 heteroatoms. The molecule has 0 bridgehead atoms. The molecule has 3 N–H and O–H groups in total. The molecule has 0 fully saturated rings. The minimum absolute atomic E-state index is 0.222. The molecule has 0 aliphatic carbocycles. The Labute approximate surface area is 112 Å². The van der Waals surface area contributed by atoms with Crippen LogP contribution in [0, 0.1) is 6.92 Å². The molecule has 1 aromatic heterocycles. The first-order chi connectivity index (χ1) is 9.04. The van der Waals surface area contributed by atoms with Gasteiger partial charge in [-0.3, -0.25) is 9.78 Å². The Morgan fingerprint density at radius 3 is 2.37 bits per heavy atom. The van der Waals surface area contributed by atoms with Crippen molar-refractivity contribution in [2.75, 3.05) is 5.73 Å². The first-order valence-electron chi connectivity index (χ1n) is 6.04. The molecular formula is C15H18N2O2. The van der Waals surface area contributed by atoms with Gasteiger partial charge in [0.1, 0.15) is 0 Å². The standard InChI is InChI=1S/C12H12N2.C3H6O2/c1-9-7-11(13)12(14-8-9)10-5-3-2-4-6-10;1-2-3(4)5/h2-8H,13H2,1H3;2H2,1H3,(H,4,5). The zero-order chi connectivity index (χ0) is 14.3. The van der Waals surface area contributed by atoms with Crippen LogP contribution in [0.4, 0.5) is 5.69 Å². The predicted molar refractivity (Wildman–Crippen MR) is 76.7 cm³/mol. The Hall–Kier alpha value is -2.36. The second kappa shape index (κ2) is 7.16. The Balaban J connectivity index is 0.000000312. The third kappa shape index (κ3) is 4.79. The van der Waals surface area contributed by atoms with Gasteiger partial charge >= 0.3 is 5.97 Å². The Bertz CT molecular complexity index is 539.